The van der Waals surface area contributed by atoms with E-state index in [1.165, 1.54) is 25.1 Å². The van der Waals surface area contributed by atoms with Gasteiger partial charge in [-0.2, -0.15) is 17.9 Å². The lowest BCUT2D eigenvalue weighted by molar-refractivity contribution is -0.138. The van der Waals surface area contributed by atoms with Crippen molar-refractivity contribution in [1.82, 2.24) is 4.72 Å². The molecule has 6 nitrogen and oxygen atoms in total. The second-order valence-electron chi connectivity index (χ2n) is 6.37. The number of halogens is 5. The van der Waals surface area contributed by atoms with Crippen LogP contribution in [0.15, 0.2) is 40.6 Å². The molecular weight excluding hydrogens is 521 g/mol. The minimum atomic E-state index is -4.68. The van der Waals surface area contributed by atoms with Crippen LogP contribution >= 0.6 is 42.1 Å². The summed E-state index contributed by atoms with van der Waals surface area (Å²) < 4.78 is 83.3. The lowest BCUT2D eigenvalue weighted by Crippen LogP contribution is -2.25. The second kappa shape index (κ2) is 8.55. The summed E-state index contributed by atoms with van der Waals surface area (Å²) in [5.74, 6) is -0.522. The van der Waals surface area contributed by atoms with E-state index in [2.05, 4.69) is 0 Å². The molecule has 2 aromatic carbocycles. The number of rotatable bonds is 6. The lowest BCUT2D eigenvalue weighted by atomic mass is 10.1. The van der Waals surface area contributed by atoms with Crippen LogP contribution in [0.25, 0.3) is 10.1 Å². The third kappa shape index (κ3) is 5.73. The Bertz CT molecular complexity index is 1310. The molecule has 0 spiro atoms. The van der Waals surface area contributed by atoms with E-state index < -0.39 is 41.4 Å². The molecule has 0 amide bonds. The van der Waals surface area contributed by atoms with Gasteiger partial charge >= 0.3 is 13.8 Å². The number of nitrogens with one attached hydrogen (secondary N) is 1. The number of fused-ring (bicyclic) bond motifs is 1. The van der Waals surface area contributed by atoms with Gasteiger partial charge in [0, 0.05) is 15.1 Å². The molecule has 1 atom stereocenters. The van der Waals surface area contributed by atoms with Gasteiger partial charge in [0.15, 0.2) is 0 Å². The Hall–Kier alpha value is -1.33. The molecule has 3 aromatic rings. The van der Waals surface area contributed by atoms with E-state index in [1.807, 2.05) is 4.72 Å². The molecule has 0 aliphatic carbocycles. The fraction of sp³-hybridized carbons (Fsp3) is 0.176. The highest BCUT2D eigenvalue weighted by Gasteiger charge is 2.34. The fourth-order valence-electron chi connectivity index (χ4n) is 2.57. The molecule has 1 heterocycles. The van der Waals surface area contributed by atoms with Gasteiger partial charge in [0.1, 0.15) is 16.2 Å². The number of hydrogen-bond acceptors (Lipinski definition) is 5. The van der Waals surface area contributed by atoms with Gasteiger partial charge in [-0.15, -0.1) is 11.3 Å². The van der Waals surface area contributed by atoms with Gasteiger partial charge in [-0.25, -0.2) is 13.0 Å². The van der Waals surface area contributed by atoms with Crippen LogP contribution in [0.2, 0.25) is 10.0 Å². The molecule has 14 heteroatoms. The van der Waals surface area contributed by atoms with Crippen LogP contribution in [-0.4, -0.2) is 19.6 Å². The first-order valence-electron chi connectivity index (χ1n) is 8.25. The first kappa shape index (κ1) is 24.3. The van der Waals surface area contributed by atoms with Crippen molar-refractivity contribution in [2.75, 3.05) is 6.29 Å². The molecule has 168 valence electrons. The molecule has 3 rings (SSSR count). The Balaban J connectivity index is 1.78. The van der Waals surface area contributed by atoms with Crippen LogP contribution in [-0.2, 0) is 20.8 Å². The lowest BCUT2D eigenvalue weighted by Gasteiger charge is -2.16. The van der Waals surface area contributed by atoms with Crippen molar-refractivity contribution in [2.24, 2.45) is 0 Å². The van der Waals surface area contributed by atoms with Crippen LogP contribution in [0, 0.1) is 6.92 Å². The second-order valence-corrected chi connectivity index (χ2v) is 12.1. The summed E-state index contributed by atoms with van der Waals surface area (Å²) in [6.07, 6.45) is -5.75. The molecule has 0 aliphatic heterocycles. The SMILES string of the molecule is Cc1ccc(OP(=O)(O)CNS(=O)(=O)c2cc3c(Cl)cc(Cl)cc3s2)cc1C(F)(F)F. The quantitative estimate of drug-likeness (QED) is 0.377. The normalized spacial score (nSPS) is 14.5. The molecular formula is C17H13Cl2F3NO5PS2. The molecule has 1 unspecified atom stereocenters. The number of aryl methyl sites for hydroxylation is 1. The topological polar surface area (TPSA) is 92.7 Å². The van der Waals surface area contributed by atoms with Gasteiger partial charge in [-0.05, 0) is 42.8 Å². The van der Waals surface area contributed by atoms with Gasteiger partial charge < -0.3 is 9.42 Å². The van der Waals surface area contributed by atoms with E-state index in [1.54, 1.807) is 0 Å². The van der Waals surface area contributed by atoms with Crippen molar-refractivity contribution in [1.29, 1.82) is 0 Å². The van der Waals surface area contributed by atoms with Gasteiger partial charge in [0.2, 0.25) is 0 Å². The van der Waals surface area contributed by atoms with Crippen molar-refractivity contribution in [3.05, 3.63) is 57.6 Å². The predicted octanol–water partition coefficient (Wildman–Crippen LogP) is 6.04. The molecule has 2 N–H and O–H groups in total. The molecule has 31 heavy (non-hydrogen) atoms. The summed E-state index contributed by atoms with van der Waals surface area (Å²) in [6, 6.07) is 6.97. The van der Waals surface area contributed by atoms with Gasteiger partial charge in [-0.1, -0.05) is 29.3 Å². The zero-order chi connectivity index (χ0) is 23.2. The van der Waals surface area contributed by atoms with Crippen molar-refractivity contribution in [3.63, 3.8) is 0 Å². The van der Waals surface area contributed by atoms with Crippen LogP contribution < -0.4 is 9.25 Å². The summed E-state index contributed by atoms with van der Waals surface area (Å²) in [5.41, 5.74) is -1.14. The van der Waals surface area contributed by atoms with E-state index >= 15 is 0 Å². The van der Waals surface area contributed by atoms with Gasteiger partial charge in [0.05, 0.1) is 10.6 Å². The number of alkyl halides is 3. The smallest absolute Gasteiger partial charge is 0.416 e. The van der Waals surface area contributed by atoms with Crippen LogP contribution in [0.3, 0.4) is 0 Å². The van der Waals surface area contributed by atoms with Gasteiger partial charge in [-0.3, -0.25) is 0 Å². The highest BCUT2D eigenvalue weighted by Crippen LogP contribution is 2.44. The highest BCUT2D eigenvalue weighted by molar-refractivity contribution is 7.92. The maximum atomic E-state index is 13.0. The largest absolute Gasteiger partial charge is 0.424 e. The minimum absolute atomic E-state index is 0.100. The third-order valence-corrected chi connectivity index (χ3v) is 8.77. The summed E-state index contributed by atoms with van der Waals surface area (Å²) in [4.78, 5) is 9.95. The molecule has 0 radical (unpaired) electrons. The maximum absolute atomic E-state index is 13.0. The monoisotopic (exact) mass is 533 g/mol. The maximum Gasteiger partial charge on any atom is 0.416 e. The van der Waals surface area contributed by atoms with Gasteiger partial charge in [0.25, 0.3) is 10.0 Å². The molecule has 0 bridgehead atoms. The Labute approximate surface area is 189 Å². The first-order valence-corrected chi connectivity index (χ1v) is 13.1. The third-order valence-electron chi connectivity index (χ3n) is 4.01. The molecule has 0 saturated heterocycles. The summed E-state index contributed by atoms with van der Waals surface area (Å²) >= 11 is 12.8. The standard InChI is InChI=1S/C17H13Cl2F3NO5PS2/c1-9-2-3-11(6-13(9)17(20,21)22)28-29(24,25)8-23-31(26,27)16-7-12-14(19)4-10(18)5-15(12)30-16/h2-7,23H,8H2,1H3,(H,24,25). The average Bonchev–Trinajstić information content (AvgIpc) is 3.06. The minimum Gasteiger partial charge on any atom is -0.424 e. The number of thiophene rings is 1. The predicted molar refractivity (Wildman–Crippen MR) is 114 cm³/mol. The zero-order valence-corrected chi connectivity index (χ0v) is 19.4. The molecule has 0 fully saturated rings. The Kier molecular flexibility index (Phi) is 6.71. The Morgan fingerprint density at radius 3 is 2.52 bits per heavy atom. The number of hydrogen-bond donors (Lipinski definition) is 2. The van der Waals surface area contributed by atoms with Crippen LogP contribution in [0.1, 0.15) is 11.1 Å². The molecule has 0 saturated carbocycles. The fourth-order valence-corrected chi connectivity index (χ4v) is 7.24. The van der Waals surface area contributed by atoms with E-state index in [-0.39, 0.29) is 14.8 Å². The summed E-state index contributed by atoms with van der Waals surface area (Å²) in [6.45, 7) is 1.23. The number of sulfonamides is 1. The van der Waals surface area contributed by atoms with Crippen molar-refractivity contribution in [3.8, 4) is 5.75 Å². The average molecular weight is 534 g/mol. The first-order chi connectivity index (χ1) is 14.2. The van der Waals surface area contributed by atoms with Crippen molar-refractivity contribution >= 4 is 62.2 Å². The van der Waals surface area contributed by atoms with E-state index in [9.17, 15) is 31.0 Å². The molecule has 1 aromatic heterocycles. The summed E-state index contributed by atoms with van der Waals surface area (Å²) in [5, 5.41) is 0.969. The van der Waals surface area contributed by atoms with Crippen LogP contribution in [0.4, 0.5) is 13.2 Å². The van der Waals surface area contributed by atoms with E-state index in [0.29, 0.717) is 21.2 Å². The zero-order valence-electron chi connectivity index (χ0n) is 15.4. The van der Waals surface area contributed by atoms with E-state index in [0.717, 1.165) is 23.5 Å². The highest BCUT2D eigenvalue weighted by atomic mass is 35.5. The number of benzene rings is 2. The Morgan fingerprint density at radius 1 is 1.19 bits per heavy atom. The van der Waals surface area contributed by atoms with Crippen molar-refractivity contribution < 1.29 is 35.6 Å². The van der Waals surface area contributed by atoms with E-state index in [4.69, 9.17) is 27.7 Å². The van der Waals surface area contributed by atoms with Crippen LogP contribution in [0.5, 0.6) is 5.75 Å². The summed E-state index contributed by atoms with van der Waals surface area (Å²) in [7, 11) is -8.91. The molecule has 0 aliphatic rings. The van der Waals surface area contributed by atoms with Crippen molar-refractivity contribution in [2.45, 2.75) is 17.3 Å². The Morgan fingerprint density at radius 2 is 1.87 bits per heavy atom.